The van der Waals surface area contributed by atoms with Gasteiger partial charge in [0.2, 0.25) is 5.91 Å². The first kappa shape index (κ1) is 15.1. The van der Waals surface area contributed by atoms with Crippen LogP contribution >= 0.6 is 0 Å². The molecule has 0 aliphatic carbocycles. The van der Waals surface area contributed by atoms with Crippen molar-refractivity contribution >= 4 is 21.9 Å². The molecule has 7 nitrogen and oxygen atoms in total. The molecule has 3 N–H and O–H groups in total. The van der Waals surface area contributed by atoms with Gasteiger partial charge in [-0.2, -0.15) is 0 Å². The van der Waals surface area contributed by atoms with Gasteiger partial charge in [0.1, 0.15) is 0 Å². The summed E-state index contributed by atoms with van der Waals surface area (Å²) in [6.45, 7) is 1.82. The Bertz CT molecular complexity index is 565. The minimum Gasteiger partial charge on any atom is -0.481 e. The lowest BCUT2D eigenvalue weighted by molar-refractivity contribution is -0.138. The SMILES string of the molecule is Cc1ccc(S(=O)(=O)NNC(=O)CCC(=O)O)cc1. The fourth-order valence-electron chi connectivity index (χ4n) is 1.18. The number of carbonyl (C=O) groups is 2. The first-order valence-electron chi connectivity index (χ1n) is 5.40. The van der Waals surface area contributed by atoms with E-state index in [9.17, 15) is 18.0 Å². The minimum atomic E-state index is -3.84. The average molecular weight is 286 g/mol. The van der Waals surface area contributed by atoms with Crippen molar-refractivity contribution in [2.75, 3.05) is 0 Å². The molecule has 0 saturated carbocycles. The summed E-state index contributed by atoms with van der Waals surface area (Å²) in [7, 11) is -3.84. The van der Waals surface area contributed by atoms with Crippen LogP contribution in [0.3, 0.4) is 0 Å². The van der Waals surface area contributed by atoms with Crippen LogP contribution in [0.4, 0.5) is 0 Å². The number of rotatable bonds is 6. The zero-order valence-corrected chi connectivity index (χ0v) is 11.0. The van der Waals surface area contributed by atoms with Gasteiger partial charge in [0.25, 0.3) is 10.0 Å². The number of carboxylic acids is 1. The van der Waals surface area contributed by atoms with Crippen molar-refractivity contribution in [3.05, 3.63) is 29.8 Å². The number of benzene rings is 1. The number of sulfonamides is 1. The van der Waals surface area contributed by atoms with E-state index >= 15 is 0 Å². The second-order valence-corrected chi connectivity index (χ2v) is 5.54. The van der Waals surface area contributed by atoms with E-state index in [1.54, 1.807) is 12.1 Å². The number of hydrazine groups is 1. The Balaban J connectivity index is 2.58. The van der Waals surface area contributed by atoms with Crippen molar-refractivity contribution in [1.82, 2.24) is 10.3 Å². The molecule has 0 aromatic heterocycles. The molecule has 0 saturated heterocycles. The van der Waals surface area contributed by atoms with Crippen molar-refractivity contribution in [3.8, 4) is 0 Å². The predicted molar refractivity (Wildman–Crippen MR) is 66.5 cm³/mol. The number of hydrogen-bond donors (Lipinski definition) is 3. The third-order valence-corrected chi connectivity index (χ3v) is 3.49. The maximum absolute atomic E-state index is 11.7. The molecule has 1 aromatic rings. The van der Waals surface area contributed by atoms with Crippen LogP contribution in [0, 0.1) is 6.92 Å². The Labute approximate surface area is 110 Å². The van der Waals surface area contributed by atoms with Gasteiger partial charge >= 0.3 is 5.97 Å². The molecule has 1 aromatic carbocycles. The largest absolute Gasteiger partial charge is 0.481 e. The first-order chi connectivity index (χ1) is 8.81. The summed E-state index contributed by atoms with van der Waals surface area (Å²) in [5.74, 6) is -1.84. The minimum absolute atomic E-state index is 0.0108. The molecule has 0 atom stereocenters. The molecule has 0 heterocycles. The zero-order chi connectivity index (χ0) is 14.5. The summed E-state index contributed by atoms with van der Waals surface area (Å²) in [6, 6.07) is 6.06. The summed E-state index contributed by atoms with van der Waals surface area (Å²) in [4.78, 5) is 23.3. The lowest BCUT2D eigenvalue weighted by Gasteiger charge is -2.08. The van der Waals surface area contributed by atoms with Crippen molar-refractivity contribution in [2.45, 2.75) is 24.7 Å². The summed E-state index contributed by atoms with van der Waals surface area (Å²) in [5, 5.41) is 8.38. The van der Waals surface area contributed by atoms with Gasteiger partial charge in [-0.05, 0) is 19.1 Å². The highest BCUT2D eigenvalue weighted by Crippen LogP contribution is 2.08. The second-order valence-electron chi connectivity index (χ2n) is 3.86. The third-order valence-electron chi connectivity index (χ3n) is 2.22. The number of aliphatic carboxylic acids is 1. The first-order valence-corrected chi connectivity index (χ1v) is 6.89. The molecule has 19 heavy (non-hydrogen) atoms. The van der Waals surface area contributed by atoms with E-state index in [0.717, 1.165) is 5.56 Å². The summed E-state index contributed by atoms with van der Waals surface area (Å²) in [5.41, 5.74) is 2.86. The number of nitrogens with one attached hydrogen (secondary N) is 2. The Morgan fingerprint density at radius 3 is 2.26 bits per heavy atom. The molecule has 1 rings (SSSR count). The van der Waals surface area contributed by atoms with E-state index in [-0.39, 0.29) is 17.7 Å². The summed E-state index contributed by atoms with van der Waals surface area (Å²) < 4.78 is 23.5. The van der Waals surface area contributed by atoms with E-state index in [0.29, 0.717) is 0 Å². The highest BCUT2D eigenvalue weighted by atomic mass is 32.2. The maximum atomic E-state index is 11.7. The summed E-state index contributed by atoms with van der Waals surface area (Å²) >= 11 is 0. The standard InChI is InChI=1S/C11H14N2O5S/c1-8-2-4-9(5-3-8)19(17,18)13-12-10(14)6-7-11(15)16/h2-5,13H,6-7H2,1H3,(H,12,14)(H,15,16). The lowest BCUT2D eigenvalue weighted by atomic mass is 10.2. The number of hydrogen-bond acceptors (Lipinski definition) is 4. The van der Waals surface area contributed by atoms with Crippen molar-refractivity contribution in [3.63, 3.8) is 0 Å². The topological polar surface area (TPSA) is 113 Å². The maximum Gasteiger partial charge on any atom is 0.303 e. The van der Waals surface area contributed by atoms with Crippen LogP contribution in [0.1, 0.15) is 18.4 Å². The molecular formula is C11H14N2O5S. The van der Waals surface area contributed by atoms with E-state index < -0.39 is 21.9 Å². The van der Waals surface area contributed by atoms with Gasteiger partial charge in [-0.25, -0.2) is 8.42 Å². The van der Waals surface area contributed by atoms with Gasteiger partial charge in [-0.3, -0.25) is 15.0 Å². The van der Waals surface area contributed by atoms with Crippen LogP contribution in [0.2, 0.25) is 0 Å². The van der Waals surface area contributed by atoms with Gasteiger partial charge in [-0.15, -0.1) is 4.83 Å². The van der Waals surface area contributed by atoms with Crippen LogP contribution in [-0.2, 0) is 19.6 Å². The Hall–Kier alpha value is -1.93. The molecule has 104 valence electrons. The lowest BCUT2D eigenvalue weighted by Crippen LogP contribution is -2.41. The van der Waals surface area contributed by atoms with E-state index in [4.69, 9.17) is 5.11 Å². The molecular weight excluding hydrogens is 272 g/mol. The van der Waals surface area contributed by atoms with Crippen LogP contribution in [0.15, 0.2) is 29.2 Å². The Morgan fingerprint density at radius 2 is 1.74 bits per heavy atom. The van der Waals surface area contributed by atoms with E-state index in [1.165, 1.54) is 12.1 Å². The fraction of sp³-hybridized carbons (Fsp3) is 0.273. The monoisotopic (exact) mass is 286 g/mol. The number of carbonyl (C=O) groups excluding carboxylic acids is 1. The van der Waals surface area contributed by atoms with Gasteiger partial charge in [0.15, 0.2) is 0 Å². The zero-order valence-electron chi connectivity index (χ0n) is 10.2. The predicted octanol–water partition coefficient (Wildman–Crippen LogP) is 0.169. The molecule has 0 fully saturated rings. The summed E-state index contributed by atoms with van der Waals surface area (Å²) in [6.07, 6.45) is -0.663. The number of amides is 1. The molecule has 0 spiro atoms. The van der Waals surface area contributed by atoms with Crippen LogP contribution in [0.25, 0.3) is 0 Å². The Morgan fingerprint density at radius 1 is 1.16 bits per heavy atom. The quantitative estimate of drug-likeness (QED) is 0.645. The average Bonchev–Trinajstić information content (AvgIpc) is 2.34. The fourth-order valence-corrected chi connectivity index (χ4v) is 2.04. The third kappa shape index (κ3) is 5.06. The van der Waals surface area contributed by atoms with Crippen LogP contribution < -0.4 is 10.3 Å². The van der Waals surface area contributed by atoms with Crippen LogP contribution in [-0.4, -0.2) is 25.4 Å². The normalized spacial score (nSPS) is 11.0. The van der Waals surface area contributed by atoms with Crippen LogP contribution in [0.5, 0.6) is 0 Å². The molecule has 0 aliphatic heterocycles. The molecule has 0 bridgehead atoms. The van der Waals surface area contributed by atoms with Gasteiger partial charge in [-0.1, -0.05) is 17.7 Å². The number of aryl methyl sites for hydroxylation is 1. The van der Waals surface area contributed by atoms with Gasteiger partial charge in [0.05, 0.1) is 11.3 Å². The van der Waals surface area contributed by atoms with Gasteiger partial charge in [0, 0.05) is 6.42 Å². The van der Waals surface area contributed by atoms with Crippen molar-refractivity contribution < 1.29 is 23.1 Å². The molecule has 0 aliphatic rings. The number of carboxylic acid groups (broad SMARTS) is 1. The Kier molecular flexibility index (Phi) is 5.02. The van der Waals surface area contributed by atoms with Crippen molar-refractivity contribution in [1.29, 1.82) is 0 Å². The molecule has 0 radical (unpaired) electrons. The van der Waals surface area contributed by atoms with Crippen molar-refractivity contribution in [2.24, 2.45) is 0 Å². The highest BCUT2D eigenvalue weighted by Gasteiger charge is 2.14. The van der Waals surface area contributed by atoms with E-state index in [2.05, 4.69) is 0 Å². The van der Waals surface area contributed by atoms with E-state index in [1.807, 2.05) is 17.2 Å². The highest BCUT2D eigenvalue weighted by molar-refractivity contribution is 7.89. The van der Waals surface area contributed by atoms with Gasteiger partial charge < -0.3 is 5.11 Å². The smallest absolute Gasteiger partial charge is 0.303 e. The second kappa shape index (κ2) is 6.30. The molecule has 1 amide bonds. The molecule has 0 unspecified atom stereocenters. The molecule has 8 heteroatoms.